The summed E-state index contributed by atoms with van der Waals surface area (Å²) in [4.78, 5) is 72.2. The van der Waals surface area contributed by atoms with Gasteiger partial charge in [-0.25, -0.2) is 9.13 Å². The number of esters is 4. The molecule has 0 bridgehead atoms. The number of phosphoric acid groups is 2. The van der Waals surface area contributed by atoms with Crippen molar-refractivity contribution in [3.63, 3.8) is 0 Å². The quantitative estimate of drug-likeness (QED) is 0.0222. The first kappa shape index (κ1) is 81.1. The maximum atomic E-state index is 13.0. The summed E-state index contributed by atoms with van der Waals surface area (Å²) < 4.78 is 68.0. The molecule has 0 aromatic heterocycles. The third-order valence-corrected chi connectivity index (χ3v) is 16.8. The topological polar surface area (TPSA) is 237 Å². The highest BCUT2D eigenvalue weighted by atomic mass is 31.2. The first-order valence-electron chi connectivity index (χ1n) is 33.2. The van der Waals surface area contributed by atoms with Gasteiger partial charge in [-0.3, -0.25) is 37.3 Å². The van der Waals surface area contributed by atoms with Crippen molar-refractivity contribution in [2.24, 2.45) is 23.7 Å². The second-order valence-electron chi connectivity index (χ2n) is 24.8. The van der Waals surface area contributed by atoms with Gasteiger partial charge in [0, 0.05) is 25.7 Å². The van der Waals surface area contributed by atoms with Crippen molar-refractivity contribution in [2.45, 2.75) is 324 Å². The predicted octanol–water partition coefficient (Wildman–Crippen LogP) is 17.4. The highest BCUT2D eigenvalue weighted by molar-refractivity contribution is 7.47. The van der Waals surface area contributed by atoms with Crippen molar-refractivity contribution in [1.82, 2.24) is 0 Å². The van der Waals surface area contributed by atoms with Gasteiger partial charge in [0.15, 0.2) is 12.2 Å². The SMILES string of the molecule is CCC(C)CCCCCCCCC(=O)OC[C@H](COP(=O)(O)OCC(O)COP(=O)(O)OC[C@@H](COC(=O)CCCCCCCCCCC(C)C)OC(=O)CCCCCCCCC(C)C)OC(=O)CCCCCCCCCCCCC(C)C. The molecule has 0 radical (unpaired) electrons. The fraction of sp³-hybridized carbons (Fsp3) is 0.938. The summed E-state index contributed by atoms with van der Waals surface area (Å²) in [6.45, 7) is 13.9. The lowest BCUT2D eigenvalue weighted by Crippen LogP contribution is -2.30. The van der Waals surface area contributed by atoms with E-state index >= 15 is 0 Å². The minimum atomic E-state index is -4.95. The first-order chi connectivity index (χ1) is 39.6. The number of ether oxygens (including phenoxy) is 4. The van der Waals surface area contributed by atoms with Crippen LogP contribution in [-0.2, 0) is 65.4 Å². The van der Waals surface area contributed by atoms with E-state index in [4.69, 9.17) is 37.0 Å². The van der Waals surface area contributed by atoms with Gasteiger partial charge < -0.3 is 33.8 Å². The van der Waals surface area contributed by atoms with E-state index in [1.54, 1.807) is 0 Å². The molecule has 17 nitrogen and oxygen atoms in total. The number of unbranched alkanes of at least 4 members (excludes halogenated alkanes) is 26. The number of hydrogen-bond acceptors (Lipinski definition) is 15. The molecule has 492 valence electrons. The van der Waals surface area contributed by atoms with Gasteiger partial charge >= 0.3 is 39.5 Å². The molecule has 0 saturated carbocycles. The van der Waals surface area contributed by atoms with Crippen LogP contribution in [0, 0.1) is 23.7 Å². The van der Waals surface area contributed by atoms with Gasteiger partial charge in [-0.2, -0.15) is 0 Å². The number of hydrogen-bond donors (Lipinski definition) is 3. The molecule has 3 N–H and O–H groups in total. The van der Waals surface area contributed by atoms with Crippen LogP contribution < -0.4 is 0 Å². The maximum absolute atomic E-state index is 13.0. The second-order valence-corrected chi connectivity index (χ2v) is 27.7. The average Bonchev–Trinajstić information content (AvgIpc) is 3.44. The second kappa shape index (κ2) is 54.2. The zero-order valence-corrected chi connectivity index (χ0v) is 55.6. The van der Waals surface area contributed by atoms with Gasteiger partial charge in [0.1, 0.15) is 19.3 Å². The van der Waals surface area contributed by atoms with Crippen molar-refractivity contribution in [3.8, 4) is 0 Å². The third kappa shape index (κ3) is 57.6. The molecule has 83 heavy (non-hydrogen) atoms. The molecule has 0 saturated heterocycles. The molecule has 0 aromatic rings. The number of phosphoric ester groups is 2. The van der Waals surface area contributed by atoms with Crippen molar-refractivity contribution < 1.29 is 80.2 Å². The van der Waals surface area contributed by atoms with Crippen LogP contribution in [0.2, 0.25) is 0 Å². The van der Waals surface area contributed by atoms with Crippen LogP contribution in [0.3, 0.4) is 0 Å². The number of aliphatic hydroxyl groups excluding tert-OH is 1. The van der Waals surface area contributed by atoms with E-state index in [2.05, 4.69) is 55.4 Å². The Balaban J connectivity index is 5.25. The monoisotopic (exact) mass is 1230 g/mol. The van der Waals surface area contributed by atoms with E-state index in [1.807, 2.05) is 0 Å². The molecule has 0 aliphatic rings. The van der Waals surface area contributed by atoms with Gasteiger partial charge in [-0.05, 0) is 49.4 Å². The van der Waals surface area contributed by atoms with Gasteiger partial charge in [0.2, 0.25) is 0 Å². The van der Waals surface area contributed by atoms with E-state index in [0.29, 0.717) is 31.6 Å². The largest absolute Gasteiger partial charge is 0.472 e. The van der Waals surface area contributed by atoms with Gasteiger partial charge in [-0.15, -0.1) is 0 Å². The summed E-state index contributed by atoms with van der Waals surface area (Å²) in [6, 6.07) is 0. The molecule has 0 aliphatic carbocycles. The number of carbonyl (C=O) groups is 4. The van der Waals surface area contributed by atoms with Gasteiger partial charge in [-0.1, -0.05) is 254 Å². The Morgan fingerprint density at radius 3 is 0.855 bits per heavy atom. The molecule has 0 amide bonds. The lowest BCUT2D eigenvalue weighted by Gasteiger charge is -2.21. The third-order valence-electron chi connectivity index (χ3n) is 14.9. The van der Waals surface area contributed by atoms with E-state index in [9.17, 15) is 43.2 Å². The molecule has 19 heteroatoms. The van der Waals surface area contributed by atoms with Crippen LogP contribution in [0.4, 0.5) is 0 Å². The number of rotatable bonds is 61. The molecular weight excluding hydrogens is 1100 g/mol. The smallest absolute Gasteiger partial charge is 0.462 e. The minimum Gasteiger partial charge on any atom is -0.462 e. The summed E-state index contributed by atoms with van der Waals surface area (Å²) in [5.41, 5.74) is 0. The summed E-state index contributed by atoms with van der Waals surface area (Å²) >= 11 is 0. The van der Waals surface area contributed by atoms with Crippen LogP contribution in [0.25, 0.3) is 0 Å². The summed E-state index contributed by atoms with van der Waals surface area (Å²) in [5.74, 6) is 0.735. The van der Waals surface area contributed by atoms with E-state index < -0.39 is 97.5 Å². The molecule has 0 heterocycles. The lowest BCUT2D eigenvalue weighted by molar-refractivity contribution is -0.161. The average molecular weight is 1230 g/mol. The van der Waals surface area contributed by atoms with Crippen molar-refractivity contribution in [3.05, 3.63) is 0 Å². The Morgan fingerprint density at radius 1 is 0.337 bits per heavy atom. The Hall–Kier alpha value is -1.94. The lowest BCUT2D eigenvalue weighted by atomic mass is 10.00. The molecule has 0 aromatic carbocycles. The highest BCUT2D eigenvalue weighted by Gasteiger charge is 2.30. The van der Waals surface area contributed by atoms with Crippen LogP contribution in [0.1, 0.15) is 306 Å². The van der Waals surface area contributed by atoms with Crippen molar-refractivity contribution >= 4 is 39.5 Å². The van der Waals surface area contributed by atoms with Gasteiger partial charge in [0.05, 0.1) is 26.4 Å². The predicted molar refractivity (Wildman–Crippen MR) is 331 cm³/mol. The molecule has 0 spiro atoms. The summed E-state index contributed by atoms with van der Waals surface area (Å²) in [6.07, 6.45) is 33.7. The Bertz CT molecular complexity index is 1660. The molecule has 0 rings (SSSR count). The fourth-order valence-corrected chi connectivity index (χ4v) is 11.0. The standard InChI is InChI=1S/C64H124O17P2/c1-9-57(8)43-35-27-21-23-29-37-45-62(67)75-51-59(80-63(68)46-38-30-19-13-11-10-12-16-24-32-40-54(2)3)52-78-82(70,71)76-48-58(65)49-77-83(72,73)79-53-60(81-64(69)47-39-31-22-20-26-34-42-56(6)7)50-74-61(66)44-36-28-18-15-14-17-25-33-41-55(4)5/h54-60,65H,9-53H2,1-8H3,(H,70,71)(H,72,73)/t57?,58?,59-,60-/m1/s1. The molecule has 0 aliphatic heterocycles. The van der Waals surface area contributed by atoms with Crippen LogP contribution in [-0.4, -0.2) is 96.7 Å². The number of carbonyl (C=O) groups excluding carboxylic acids is 4. The molecule has 0 fully saturated rings. The van der Waals surface area contributed by atoms with Crippen LogP contribution in [0.15, 0.2) is 0 Å². The summed E-state index contributed by atoms with van der Waals surface area (Å²) in [7, 11) is -9.89. The van der Waals surface area contributed by atoms with Gasteiger partial charge in [0.25, 0.3) is 0 Å². The van der Waals surface area contributed by atoms with Crippen LogP contribution in [0.5, 0.6) is 0 Å². The zero-order chi connectivity index (χ0) is 61.8. The number of aliphatic hydroxyl groups is 1. The van der Waals surface area contributed by atoms with Crippen molar-refractivity contribution in [1.29, 1.82) is 0 Å². The molecule has 6 atom stereocenters. The Kier molecular flexibility index (Phi) is 53.0. The van der Waals surface area contributed by atoms with E-state index in [0.717, 1.165) is 114 Å². The minimum absolute atomic E-state index is 0.101. The fourth-order valence-electron chi connectivity index (χ4n) is 9.40. The Labute approximate surface area is 505 Å². The Morgan fingerprint density at radius 2 is 0.578 bits per heavy atom. The normalized spacial score (nSPS) is 14.8. The first-order valence-corrected chi connectivity index (χ1v) is 36.2. The van der Waals surface area contributed by atoms with E-state index in [-0.39, 0.29) is 25.7 Å². The maximum Gasteiger partial charge on any atom is 0.472 e. The molecular formula is C64H124O17P2. The van der Waals surface area contributed by atoms with E-state index in [1.165, 1.54) is 103 Å². The van der Waals surface area contributed by atoms with Crippen molar-refractivity contribution in [2.75, 3.05) is 39.6 Å². The molecule has 4 unspecified atom stereocenters. The summed E-state index contributed by atoms with van der Waals surface area (Å²) in [5, 5.41) is 10.5. The highest BCUT2D eigenvalue weighted by Crippen LogP contribution is 2.45. The zero-order valence-electron chi connectivity index (χ0n) is 53.8. The van der Waals surface area contributed by atoms with Crippen LogP contribution >= 0.6 is 15.6 Å².